The molecule has 0 saturated carbocycles. The van der Waals surface area contributed by atoms with Crippen LogP contribution in [0, 0.1) is 0 Å². The number of benzene rings is 1. The Labute approximate surface area is 194 Å². The monoisotopic (exact) mass is 632 g/mol. The first-order valence-corrected chi connectivity index (χ1v) is 16.8. The Morgan fingerprint density at radius 1 is 1.33 bits per heavy atom. The summed E-state index contributed by atoms with van der Waals surface area (Å²) in [5.74, 6) is 0.195. The van der Waals surface area contributed by atoms with E-state index in [1.807, 2.05) is 38.3 Å². The molecular weight excluding hydrogens is 601 g/mol. The summed E-state index contributed by atoms with van der Waals surface area (Å²) in [4.78, 5) is 26.4. The van der Waals surface area contributed by atoms with Gasteiger partial charge < -0.3 is 5.32 Å². The topological polar surface area (TPSA) is 116 Å². The van der Waals surface area contributed by atoms with Crippen molar-refractivity contribution in [2.75, 3.05) is 33.6 Å². The molecule has 0 heterocycles. The molecule has 1 aromatic rings. The molecule has 1 amide bonds. The van der Waals surface area contributed by atoms with Crippen molar-refractivity contribution in [2.24, 2.45) is 5.16 Å². The Morgan fingerprint density at radius 3 is 2.53 bits per heavy atom. The molecule has 0 aliphatic heterocycles. The first-order chi connectivity index (χ1) is 14.3. The van der Waals surface area contributed by atoms with Gasteiger partial charge in [-0.15, -0.1) is 0 Å². The van der Waals surface area contributed by atoms with Crippen LogP contribution < -0.4 is 10.1 Å². The van der Waals surface area contributed by atoms with Gasteiger partial charge in [0.25, 0.3) is 0 Å². The molecule has 30 heavy (non-hydrogen) atoms. The zero-order valence-electron chi connectivity index (χ0n) is 18.1. The molecule has 0 aliphatic carbocycles. The fourth-order valence-corrected chi connectivity index (χ4v) is 4.43. The number of amides is 1. The van der Waals surface area contributed by atoms with E-state index in [2.05, 4.69) is 15.3 Å². The molecule has 166 valence electrons. The van der Waals surface area contributed by atoms with Gasteiger partial charge in [0.2, 0.25) is 0 Å². The normalized spacial score (nSPS) is 11.5. The Balaban J connectivity index is 0.000000612. The fraction of sp³-hybridized carbons (Fsp3) is 0.526. The first kappa shape index (κ1) is 28.6. The number of nitrogens with zero attached hydrogens (tertiary/aromatic N) is 1. The molecule has 0 saturated heterocycles. The van der Waals surface area contributed by atoms with Gasteiger partial charge >= 0.3 is 126 Å². The quantitative estimate of drug-likeness (QED) is 0.126. The Hall–Kier alpha value is -1.36. The molecule has 1 atom stereocenters. The van der Waals surface area contributed by atoms with Gasteiger partial charge in [-0.05, 0) is 20.1 Å². The zero-order valence-corrected chi connectivity index (χ0v) is 24.4. The van der Waals surface area contributed by atoms with Crippen LogP contribution in [0.2, 0.25) is 3.93 Å². The van der Waals surface area contributed by atoms with Crippen molar-refractivity contribution in [1.29, 1.82) is 0 Å². The number of carbonyl (C=O) groups excluding carboxylic acids is 2. The molecule has 11 heteroatoms. The van der Waals surface area contributed by atoms with Crippen LogP contribution in [0.5, 0.6) is 5.75 Å². The SMILES string of the molecule is CNC(=O)O/N=C/C(C)(C)SC.COC(COC(=O)COc1ccccc1)[CH2][Hg][OH]. The number of oxime groups is 1. The van der Waals surface area contributed by atoms with Gasteiger partial charge in [0.15, 0.2) is 0 Å². The second-order valence-electron chi connectivity index (χ2n) is 6.33. The van der Waals surface area contributed by atoms with Crippen LogP contribution in [-0.2, 0) is 44.1 Å². The average Bonchev–Trinajstić information content (AvgIpc) is 2.76. The van der Waals surface area contributed by atoms with E-state index in [0.717, 1.165) is 0 Å². The van der Waals surface area contributed by atoms with Crippen LogP contribution >= 0.6 is 11.8 Å². The molecular formula is C19H30HgN2O7S. The minimum absolute atomic E-state index is 0.103. The van der Waals surface area contributed by atoms with Crippen LogP contribution in [0.25, 0.3) is 0 Å². The number of thioether (sulfide) groups is 1. The van der Waals surface area contributed by atoms with Crippen molar-refractivity contribution in [3.05, 3.63) is 30.3 Å². The van der Waals surface area contributed by atoms with Crippen molar-refractivity contribution in [1.82, 2.24) is 5.32 Å². The number of carbonyl (C=O) groups is 2. The Morgan fingerprint density at radius 2 is 2.00 bits per heavy atom. The van der Waals surface area contributed by atoms with E-state index in [0.29, 0.717) is 9.68 Å². The third-order valence-electron chi connectivity index (χ3n) is 3.54. The van der Waals surface area contributed by atoms with E-state index in [1.54, 1.807) is 37.2 Å². The van der Waals surface area contributed by atoms with E-state index in [9.17, 15) is 9.59 Å². The predicted octanol–water partition coefficient (Wildman–Crippen LogP) is 2.50. The maximum atomic E-state index is 11.4. The van der Waals surface area contributed by atoms with E-state index in [1.165, 1.54) is 7.05 Å². The van der Waals surface area contributed by atoms with Crippen LogP contribution in [0.1, 0.15) is 13.8 Å². The molecule has 0 radical (unpaired) electrons. The van der Waals surface area contributed by atoms with Gasteiger partial charge in [-0.25, -0.2) is 4.79 Å². The van der Waals surface area contributed by atoms with Crippen LogP contribution in [0.15, 0.2) is 35.5 Å². The molecule has 1 rings (SSSR count). The molecule has 1 unspecified atom stereocenters. The third-order valence-corrected chi connectivity index (χ3v) is 8.21. The summed E-state index contributed by atoms with van der Waals surface area (Å²) in [6.07, 6.45) is 2.82. The Kier molecular flexibility index (Phi) is 16.5. The van der Waals surface area contributed by atoms with Gasteiger partial charge in [-0.1, -0.05) is 5.16 Å². The molecule has 0 spiro atoms. The number of esters is 1. The van der Waals surface area contributed by atoms with Crippen LogP contribution in [-0.4, -0.2) is 65.8 Å². The summed E-state index contributed by atoms with van der Waals surface area (Å²) in [5, 5.41) is 5.81. The number of para-hydroxylation sites is 1. The van der Waals surface area contributed by atoms with Gasteiger partial charge in [-0.3, -0.25) is 4.84 Å². The van der Waals surface area contributed by atoms with E-state index in [4.69, 9.17) is 17.2 Å². The number of hydrogen-bond donors (Lipinski definition) is 2. The maximum absolute atomic E-state index is 11.4. The summed E-state index contributed by atoms with van der Waals surface area (Å²) in [5.41, 5.74) is 0. The third kappa shape index (κ3) is 15.5. The van der Waals surface area contributed by atoms with Crippen molar-refractivity contribution >= 4 is 30.0 Å². The number of ether oxygens (including phenoxy) is 3. The molecule has 0 fully saturated rings. The molecule has 1 aromatic carbocycles. The van der Waals surface area contributed by atoms with E-state index < -0.39 is 37.1 Å². The number of nitrogens with one attached hydrogen (secondary N) is 1. The summed E-state index contributed by atoms with van der Waals surface area (Å²) in [6, 6.07) is 9.07. The molecule has 0 aromatic heterocycles. The fourth-order valence-electron chi connectivity index (χ4n) is 1.60. The van der Waals surface area contributed by atoms with Crippen molar-refractivity contribution in [3.8, 4) is 5.75 Å². The molecule has 0 aliphatic rings. The van der Waals surface area contributed by atoms with Gasteiger partial charge in [0, 0.05) is 11.8 Å². The summed E-state index contributed by atoms with van der Waals surface area (Å²) in [6.45, 7) is 4.01. The molecule has 9 nitrogen and oxygen atoms in total. The number of rotatable bonds is 11. The predicted molar refractivity (Wildman–Crippen MR) is 112 cm³/mol. The van der Waals surface area contributed by atoms with Crippen LogP contribution in [0.3, 0.4) is 0 Å². The second-order valence-corrected chi connectivity index (χ2v) is 11.8. The van der Waals surface area contributed by atoms with Crippen molar-refractivity contribution < 1.29 is 56.7 Å². The number of hydrogen-bond acceptors (Lipinski definition) is 9. The van der Waals surface area contributed by atoms with Crippen molar-refractivity contribution in [3.63, 3.8) is 0 Å². The molecule has 2 N–H and O–H groups in total. The summed E-state index contributed by atoms with van der Waals surface area (Å²) < 4.78 is 24.8. The Bertz CT molecular complexity index is 633. The standard InChI is InChI=1S/C12H15O4.C7H14N2O2S.Hg.H2O/c1-10(14-2)8-16-12(13)9-15-11-6-4-3-5-7-11;1-7(2,12-4)5-9-11-6(10)8-3;;/h3-7,10H,1,8-9H2,2H3;5H,1-4H3,(H,8,10);;1H2/q;;+1;/p-1/b;9-5+;;. The van der Waals surface area contributed by atoms with Crippen molar-refractivity contribution in [2.45, 2.75) is 28.6 Å². The van der Waals surface area contributed by atoms with Gasteiger partial charge in [-0.2, -0.15) is 11.8 Å². The van der Waals surface area contributed by atoms with Gasteiger partial charge in [0.05, 0.1) is 6.21 Å². The number of methoxy groups -OCH3 is 1. The van der Waals surface area contributed by atoms with E-state index >= 15 is 0 Å². The first-order valence-electron chi connectivity index (χ1n) is 9.23. The zero-order chi connectivity index (χ0) is 22.8. The summed E-state index contributed by atoms with van der Waals surface area (Å²) in [7, 11) is 3.03. The molecule has 0 bridgehead atoms. The van der Waals surface area contributed by atoms with Crippen LogP contribution in [0.4, 0.5) is 4.79 Å². The van der Waals surface area contributed by atoms with Gasteiger partial charge in [0.1, 0.15) is 0 Å². The van der Waals surface area contributed by atoms with E-state index in [-0.39, 0.29) is 24.1 Å². The average molecular weight is 631 g/mol. The second kappa shape index (κ2) is 17.3. The minimum atomic E-state index is -1.74. The summed E-state index contributed by atoms with van der Waals surface area (Å²) >= 11 is -0.117.